The number of nitro groups is 1. The van der Waals surface area contributed by atoms with Gasteiger partial charge in [-0.15, -0.1) is 0 Å². The minimum atomic E-state index is -0.628. The molecular weight excluding hydrogens is 286 g/mol. The second-order valence-electron chi connectivity index (χ2n) is 3.81. The van der Waals surface area contributed by atoms with E-state index in [4.69, 9.17) is 17.0 Å². The molecule has 1 aliphatic heterocycles. The van der Waals surface area contributed by atoms with Crippen molar-refractivity contribution in [2.45, 2.75) is 0 Å². The van der Waals surface area contributed by atoms with Gasteiger partial charge in [0.25, 0.3) is 11.6 Å². The number of thiocarbonyl (C=S) groups is 1. The summed E-state index contributed by atoms with van der Waals surface area (Å²) < 4.78 is 4.86. The van der Waals surface area contributed by atoms with E-state index >= 15 is 0 Å². The summed E-state index contributed by atoms with van der Waals surface area (Å²) in [6.07, 6.45) is 1.25. The maximum absolute atomic E-state index is 11.5. The van der Waals surface area contributed by atoms with Crippen LogP contribution < -0.4 is 15.4 Å². The zero-order valence-corrected chi connectivity index (χ0v) is 11.0. The Morgan fingerprint density at radius 2 is 2.15 bits per heavy atom. The Morgan fingerprint density at radius 3 is 2.65 bits per heavy atom. The number of methoxy groups -OCH3 is 1. The number of nitro benzene ring substituents is 1. The van der Waals surface area contributed by atoms with Crippen LogP contribution >= 0.6 is 12.2 Å². The largest absolute Gasteiger partial charge is 0.504 e. The normalized spacial score (nSPS) is 15.9. The number of hydrogen-bond donors (Lipinski definition) is 3. The number of nitrogens with zero attached hydrogens (tertiary/aromatic N) is 1. The number of nitrogens with one attached hydrogen (secondary N) is 2. The zero-order valence-electron chi connectivity index (χ0n) is 10.2. The number of aromatic hydroxyl groups is 1. The summed E-state index contributed by atoms with van der Waals surface area (Å²) in [5.41, 5.74) is -0.126. The molecule has 2 rings (SSSR count). The van der Waals surface area contributed by atoms with Gasteiger partial charge >= 0.3 is 0 Å². The number of phenolic OH excluding ortho intramolecular Hbond substituents is 1. The van der Waals surface area contributed by atoms with Gasteiger partial charge in [-0.25, -0.2) is 0 Å². The van der Waals surface area contributed by atoms with Crippen molar-refractivity contribution < 1.29 is 19.6 Å². The van der Waals surface area contributed by atoms with Crippen molar-refractivity contribution in [3.8, 4) is 11.5 Å². The standard InChI is InChI=1S/C11H9N3O5S/c1-19-8-4-6(14(17)18)2-5(9(8)15)3-7-10(16)13-11(20)12-7/h2-4,15H,1H3,(H2,12,13,16,20)/b7-3+. The number of phenols is 1. The molecule has 0 unspecified atom stereocenters. The van der Waals surface area contributed by atoms with E-state index in [1.165, 1.54) is 13.2 Å². The SMILES string of the molecule is COc1cc([N+](=O)[O-])cc(/C=C2/NC(=S)NC2=O)c1O. The number of non-ortho nitro benzene ring substituents is 1. The second-order valence-corrected chi connectivity index (χ2v) is 4.22. The van der Waals surface area contributed by atoms with Gasteiger partial charge < -0.3 is 15.2 Å². The van der Waals surface area contributed by atoms with Crippen LogP contribution in [0.5, 0.6) is 11.5 Å². The smallest absolute Gasteiger partial charge is 0.274 e. The van der Waals surface area contributed by atoms with Gasteiger partial charge in [-0.3, -0.25) is 20.2 Å². The lowest BCUT2D eigenvalue weighted by Gasteiger charge is -2.06. The van der Waals surface area contributed by atoms with Crippen LogP contribution in [0.3, 0.4) is 0 Å². The van der Waals surface area contributed by atoms with Crippen molar-refractivity contribution in [3.63, 3.8) is 0 Å². The summed E-state index contributed by atoms with van der Waals surface area (Å²) in [6.45, 7) is 0. The quantitative estimate of drug-likeness (QED) is 0.325. The molecule has 0 radical (unpaired) electrons. The molecule has 0 aromatic heterocycles. The number of ether oxygens (including phenoxy) is 1. The fourth-order valence-corrected chi connectivity index (χ4v) is 1.83. The first-order valence-electron chi connectivity index (χ1n) is 5.32. The third kappa shape index (κ3) is 2.52. The van der Waals surface area contributed by atoms with Crippen molar-refractivity contribution in [1.82, 2.24) is 10.6 Å². The Kier molecular flexibility index (Phi) is 3.53. The molecule has 1 saturated heterocycles. The maximum atomic E-state index is 11.5. The second kappa shape index (κ2) is 5.13. The summed E-state index contributed by atoms with van der Waals surface area (Å²) >= 11 is 4.76. The molecule has 8 nitrogen and oxygen atoms in total. The third-order valence-electron chi connectivity index (χ3n) is 2.54. The molecule has 104 valence electrons. The van der Waals surface area contributed by atoms with Crippen molar-refractivity contribution in [3.05, 3.63) is 33.5 Å². The first-order valence-corrected chi connectivity index (χ1v) is 5.72. The Hall–Kier alpha value is -2.68. The van der Waals surface area contributed by atoms with E-state index in [0.717, 1.165) is 12.1 Å². The summed E-state index contributed by atoms with van der Waals surface area (Å²) in [5.74, 6) is -0.857. The van der Waals surface area contributed by atoms with Gasteiger partial charge in [-0.2, -0.15) is 0 Å². The van der Waals surface area contributed by atoms with Crippen molar-refractivity contribution >= 4 is 35.0 Å². The van der Waals surface area contributed by atoms with Gasteiger partial charge in [0.1, 0.15) is 5.70 Å². The molecule has 1 aromatic rings. The molecule has 1 fully saturated rings. The average molecular weight is 295 g/mol. The monoisotopic (exact) mass is 295 g/mol. The minimum absolute atomic E-state index is 0.0629. The molecular formula is C11H9N3O5S. The highest BCUT2D eigenvalue weighted by atomic mass is 32.1. The van der Waals surface area contributed by atoms with Crippen LogP contribution in [-0.4, -0.2) is 28.2 Å². The van der Waals surface area contributed by atoms with Crippen molar-refractivity contribution in [1.29, 1.82) is 0 Å². The Labute approximate surface area is 118 Å². The molecule has 20 heavy (non-hydrogen) atoms. The lowest BCUT2D eigenvalue weighted by Crippen LogP contribution is -2.21. The lowest BCUT2D eigenvalue weighted by molar-refractivity contribution is -0.385. The average Bonchev–Trinajstić information content (AvgIpc) is 2.70. The summed E-state index contributed by atoms with van der Waals surface area (Å²) in [7, 11) is 1.27. The molecule has 0 bridgehead atoms. The maximum Gasteiger partial charge on any atom is 0.274 e. The van der Waals surface area contributed by atoms with Crippen LogP contribution in [-0.2, 0) is 4.79 Å². The number of carbonyl (C=O) groups excluding carboxylic acids is 1. The predicted molar refractivity (Wildman–Crippen MR) is 73.2 cm³/mol. The van der Waals surface area contributed by atoms with Crippen LogP contribution in [0.2, 0.25) is 0 Å². The molecule has 0 atom stereocenters. The van der Waals surface area contributed by atoms with E-state index in [2.05, 4.69) is 10.6 Å². The summed E-state index contributed by atoms with van der Waals surface area (Å²) in [4.78, 5) is 21.7. The van der Waals surface area contributed by atoms with Gasteiger partial charge in [0.2, 0.25) is 0 Å². The van der Waals surface area contributed by atoms with Crippen LogP contribution in [0.1, 0.15) is 5.56 Å². The molecule has 9 heteroatoms. The van der Waals surface area contributed by atoms with Gasteiger partial charge in [0.05, 0.1) is 18.1 Å². The molecule has 1 aromatic carbocycles. The van der Waals surface area contributed by atoms with E-state index in [1.807, 2.05) is 0 Å². The Morgan fingerprint density at radius 1 is 1.45 bits per heavy atom. The highest BCUT2D eigenvalue weighted by molar-refractivity contribution is 7.80. The van der Waals surface area contributed by atoms with E-state index in [1.54, 1.807) is 0 Å². The summed E-state index contributed by atoms with van der Waals surface area (Å²) in [6, 6.07) is 2.21. The first kappa shape index (κ1) is 13.7. The molecule has 1 amide bonds. The molecule has 1 aliphatic rings. The van der Waals surface area contributed by atoms with Gasteiger partial charge in [0.15, 0.2) is 16.6 Å². The predicted octanol–water partition coefficient (Wildman–Crippen LogP) is 0.654. The number of hydrogen-bond acceptors (Lipinski definition) is 6. The van der Waals surface area contributed by atoms with E-state index in [0.29, 0.717) is 0 Å². The Bertz CT molecular complexity index is 656. The molecule has 3 N–H and O–H groups in total. The van der Waals surface area contributed by atoms with E-state index < -0.39 is 10.8 Å². The first-order chi connectivity index (χ1) is 9.42. The number of amides is 1. The highest BCUT2D eigenvalue weighted by Gasteiger charge is 2.22. The van der Waals surface area contributed by atoms with E-state index in [9.17, 15) is 20.0 Å². The number of rotatable bonds is 3. The van der Waals surface area contributed by atoms with Crippen LogP contribution in [0.4, 0.5) is 5.69 Å². The number of carbonyl (C=O) groups is 1. The van der Waals surface area contributed by atoms with Crippen LogP contribution in [0, 0.1) is 10.1 Å². The topological polar surface area (TPSA) is 114 Å². The molecule has 1 heterocycles. The van der Waals surface area contributed by atoms with Crippen molar-refractivity contribution in [2.75, 3.05) is 7.11 Å². The fraction of sp³-hybridized carbons (Fsp3) is 0.0909. The van der Waals surface area contributed by atoms with Gasteiger partial charge in [0, 0.05) is 11.6 Å². The Balaban J connectivity index is 2.53. The minimum Gasteiger partial charge on any atom is -0.504 e. The zero-order chi connectivity index (χ0) is 14.9. The molecule has 0 spiro atoms. The van der Waals surface area contributed by atoms with E-state index in [-0.39, 0.29) is 33.6 Å². The van der Waals surface area contributed by atoms with Gasteiger partial charge in [-0.1, -0.05) is 0 Å². The molecule has 0 aliphatic carbocycles. The fourth-order valence-electron chi connectivity index (χ4n) is 1.62. The van der Waals surface area contributed by atoms with Crippen molar-refractivity contribution in [2.24, 2.45) is 0 Å². The third-order valence-corrected chi connectivity index (χ3v) is 2.74. The number of benzene rings is 1. The lowest BCUT2D eigenvalue weighted by atomic mass is 10.1. The summed E-state index contributed by atoms with van der Waals surface area (Å²) in [5, 5.41) is 25.8. The van der Waals surface area contributed by atoms with Crippen LogP contribution in [0.15, 0.2) is 17.8 Å². The highest BCUT2D eigenvalue weighted by Crippen LogP contribution is 2.35. The molecule has 0 saturated carbocycles. The van der Waals surface area contributed by atoms with Crippen LogP contribution in [0.25, 0.3) is 6.08 Å². The van der Waals surface area contributed by atoms with Gasteiger partial charge in [-0.05, 0) is 18.3 Å².